The molecule has 27 atom stereocenters. The molecule has 574 valence electrons. The zero-order valence-corrected chi connectivity index (χ0v) is 66.4. The van der Waals surface area contributed by atoms with Crippen LogP contribution in [0, 0.1) is 129 Å². The summed E-state index contributed by atoms with van der Waals surface area (Å²) in [6, 6.07) is 0. The smallest absolute Gasteiger partial charge is 0.219 e. The Bertz CT molecular complexity index is 3200. The normalized spacial score (nSPS) is 47.5. The van der Waals surface area contributed by atoms with E-state index in [-0.39, 0.29) is 39.9 Å². The number of hydrogen-bond donors (Lipinski definition) is 3. The van der Waals surface area contributed by atoms with Crippen molar-refractivity contribution in [1.82, 2.24) is 28.2 Å². The number of ether oxygens (including phenoxy) is 1. The van der Waals surface area contributed by atoms with E-state index < -0.39 is 36.2 Å². The van der Waals surface area contributed by atoms with Crippen LogP contribution < -0.4 is 0 Å². The van der Waals surface area contributed by atoms with Gasteiger partial charge in [-0.25, -0.2) is 8.61 Å². The van der Waals surface area contributed by atoms with Crippen molar-refractivity contribution in [2.75, 3.05) is 124 Å². The number of piperazine rings is 3. The van der Waals surface area contributed by atoms with E-state index in [1.165, 1.54) is 109 Å². The summed E-state index contributed by atoms with van der Waals surface area (Å²) in [7, 11) is -2.59. The predicted molar refractivity (Wildman–Crippen MR) is 407 cm³/mol. The molecule has 12 saturated carbocycles. The van der Waals surface area contributed by atoms with Crippen molar-refractivity contribution in [3.05, 3.63) is 0 Å². The van der Waals surface area contributed by atoms with Crippen LogP contribution in [-0.4, -0.2) is 228 Å². The van der Waals surface area contributed by atoms with Gasteiger partial charge in [-0.1, -0.05) is 27.7 Å². The van der Waals surface area contributed by atoms with Gasteiger partial charge in [0.25, 0.3) is 0 Å². The Balaban J connectivity index is 0.000000136. The number of aliphatic hydroxyl groups is 3. The molecule has 3 heterocycles. The molecule has 101 heavy (non-hydrogen) atoms. The quantitative estimate of drug-likeness (QED) is 0.148. The lowest BCUT2D eigenvalue weighted by molar-refractivity contribution is -0.137. The fourth-order valence-electron chi connectivity index (χ4n) is 28.0. The van der Waals surface area contributed by atoms with Crippen molar-refractivity contribution < 1.29 is 47.7 Å². The number of carbonyl (C=O) groups is 4. The highest BCUT2D eigenvalue weighted by Gasteiger charge is 2.63. The first-order valence-corrected chi connectivity index (χ1v) is 45.6. The largest absolute Gasteiger partial charge is 0.390 e. The van der Waals surface area contributed by atoms with Crippen molar-refractivity contribution in [3.63, 3.8) is 0 Å². The molecule has 18 heteroatoms. The Morgan fingerprint density at radius 2 is 0.792 bits per heavy atom. The highest BCUT2D eigenvalue weighted by molar-refractivity contribution is 7.97. The van der Waals surface area contributed by atoms with Crippen LogP contribution in [0.5, 0.6) is 0 Å². The molecule has 3 saturated heterocycles. The van der Waals surface area contributed by atoms with Crippen LogP contribution in [0.15, 0.2) is 0 Å². The highest BCUT2D eigenvalue weighted by atomic mass is 32.2. The summed E-state index contributed by atoms with van der Waals surface area (Å²) in [6.45, 7) is 26.9. The summed E-state index contributed by atoms with van der Waals surface area (Å²) in [4.78, 5) is 61.1. The Hall–Kier alpha value is -1.84. The molecular formula is C83H140N6O10S2. The molecule has 3 N–H and O–H groups in total. The van der Waals surface area contributed by atoms with E-state index in [2.05, 4.69) is 61.1 Å². The number of amides is 1. The van der Waals surface area contributed by atoms with E-state index in [1.807, 2.05) is 20.4 Å². The number of hydrogen-bond acceptors (Lipinski definition) is 13. The zero-order chi connectivity index (χ0) is 72.1. The summed E-state index contributed by atoms with van der Waals surface area (Å²) in [5.74, 6) is 21.5. The fraction of sp³-hybridized carbons (Fsp3) is 0.928. The van der Waals surface area contributed by atoms with Crippen LogP contribution in [0.4, 0.5) is 0 Å². The lowest BCUT2D eigenvalue weighted by Gasteiger charge is -2.58. The molecule has 12 aliphatic carbocycles. The average molecular weight is 1450 g/mol. The first-order chi connectivity index (χ1) is 47.6. The summed E-state index contributed by atoms with van der Waals surface area (Å²) >= 11 is 0. The summed E-state index contributed by atoms with van der Waals surface area (Å²) in [5.41, 5.74) is -1.05. The van der Waals surface area contributed by atoms with Gasteiger partial charge in [0.15, 0.2) is 0 Å². The standard InChI is InChI=1S/C28H48N2O4S.C28H48N2O3S.C27H44N2O3/c1-27-11-9-22-21-10-12-28(32,19-34-2)17-20(21)5-6-23(22)24(27)7-8-25(27)26(31)18-29-13-15-30(16-14-29)35(3,4)33;1-19-16-23-20(17-28(19,3)32)6-7-22-21(23)10-11-27(2)24(22)8-9-25(27)26(31)18-29-12-14-30(15-13-29)34(4,5)33;1-18(30)29-14-12-28(13-15-29)17-25(31)24-7-6-23-22-5-4-19-16-26(2,32)10-8-20(19)21(22)9-11-27(23,24)3/h20-25,32H,3,5-19H2,1-2,4H3;19-25,32H,4,6-18H2,1-3,5H3;19-24,32H,4-17H2,1-3H3/t20-,21+,22-,23-,24+,25-,27+,28-,35?;19-,20+,21+,22-,23+,24+,25-,27+,28+,34?;19-,20-,21+,22+,23-,24+,26+,27-/m110/s1. The lowest BCUT2D eigenvalue weighted by Crippen LogP contribution is -2.53. The summed E-state index contributed by atoms with van der Waals surface area (Å²) < 4.78 is 33.8. The van der Waals surface area contributed by atoms with Gasteiger partial charge in [-0.15, -0.1) is 0 Å². The average Bonchev–Trinajstić information content (AvgIpc) is 1.68. The minimum absolute atomic E-state index is 0.148. The van der Waals surface area contributed by atoms with Gasteiger partial charge in [0.1, 0.15) is 17.3 Å². The van der Waals surface area contributed by atoms with Crippen molar-refractivity contribution >= 4 is 54.4 Å². The van der Waals surface area contributed by atoms with E-state index in [0.717, 1.165) is 196 Å². The highest BCUT2D eigenvalue weighted by Crippen LogP contribution is 2.68. The maximum absolute atomic E-state index is 13.6. The zero-order valence-electron chi connectivity index (χ0n) is 64.8. The van der Waals surface area contributed by atoms with Gasteiger partial charge in [0.05, 0.1) is 43.0 Å². The molecule has 0 bridgehead atoms. The molecule has 15 aliphatic rings. The molecule has 0 radical (unpaired) electrons. The third-order valence-electron chi connectivity index (χ3n) is 33.5. The predicted octanol–water partition coefficient (Wildman–Crippen LogP) is 10.5. The molecule has 0 aromatic carbocycles. The molecule has 16 nitrogen and oxygen atoms in total. The van der Waals surface area contributed by atoms with E-state index in [1.54, 1.807) is 26.5 Å². The minimum atomic E-state index is -2.15. The topological polar surface area (TPSA) is 192 Å². The first kappa shape index (κ1) is 77.3. The SMILES string of the molecule is C=S(C)(=O)N1CCN(CC(=O)[C@H]2CC[C@H]3[C@@H]4CC[C@@H]5C[C@@](O)(COC)CC[C@@H]5[C@H]4CC[C@]23C)CC1.C=S(C)(=O)N1CCN(CC(=O)[C@H]2CC[C@H]3[C@@H]4CC[C@H]5C[C@](C)(O)[C@H](C)C[C@@H]5[C@H]4CC[C@]23C)CC1.CC(=O)N1CCN(CC(=O)[C@H]2CC[C@H]3[C@@H]4CC[C@H]5C[C@](C)(O)CC[C@@H]5[C@H]4CC[C@]23C)CC1. The number of Topliss-reactive ketones (excluding diaryl/α,β-unsaturated/α-hetero) is 3. The number of ketones is 3. The van der Waals surface area contributed by atoms with Gasteiger partial charge in [0.2, 0.25) is 5.91 Å². The maximum Gasteiger partial charge on any atom is 0.219 e. The van der Waals surface area contributed by atoms with Crippen molar-refractivity contribution in [2.45, 2.75) is 232 Å². The molecular weight excluding hydrogens is 1310 g/mol. The molecule has 0 aromatic heterocycles. The first-order valence-electron chi connectivity index (χ1n) is 41.4. The molecule has 15 fully saturated rings. The Kier molecular flexibility index (Phi) is 22.9. The second-order valence-corrected chi connectivity index (χ2v) is 44.0. The molecule has 15 rings (SSSR count). The van der Waals surface area contributed by atoms with E-state index in [0.29, 0.717) is 79.1 Å². The van der Waals surface area contributed by atoms with Crippen LogP contribution in [0.3, 0.4) is 0 Å². The van der Waals surface area contributed by atoms with Crippen molar-refractivity contribution in [2.24, 2.45) is 129 Å². The van der Waals surface area contributed by atoms with E-state index >= 15 is 0 Å². The Labute approximate surface area is 612 Å². The van der Waals surface area contributed by atoms with E-state index in [4.69, 9.17) is 4.74 Å². The number of carbonyl (C=O) groups excluding carboxylic acids is 4. The number of nitrogens with zero attached hydrogens (tertiary/aromatic N) is 6. The van der Waals surface area contributed by atoms with Gasteiger partial charge < -0.3 is 25.0 Å². The Morgan fingerprint density at radius 1 is 0.436 bits per heavy atom. The lowest BCUT2D eigenvalue weighted by atomic mass is 9.48. The Morgan fingerprint density at radius 3 is 1.18 bits per heavy atom. The molecule has 2 unspecified atom stereocenters. The van der Waals surface area contributed by atoms with Gasteiger partial charge in [-0.05, 0) is 303 Å². The van der Waals surface area contributed by atoms with Crippen LogP contribution in [-0.2, 0) is 43.3 Å². The third kappa shape index (κ3) is 15.6. The second-order valence-electron chi connectivity index (χ2n) is 39.2. The number of rotatable bonds is 13. The van der Waals surface area contributed by atoms with Gasteiger partial charge >= 0.3 is 0 Å². The molecule has 1 amide bonds. The van der Waals surface area contributed by atoms with Gasteiger partial charge in [-0.3, -0.25) is 42.3 Å². The molecule has 3 aliphatic heterocycles. The van der Waals surface area contributed by atoms with Crippen molar-refractivity contribution in [1.29, 1.82) is 0 Å². The van der Waals surface area contributed by atoms with E-state index in [9.17, 15) is 42.9 Å². The summed E-state index contributed by atoms with van der Waals surface area (Å²) in [6.07, 6.45) is 33.7. The molecule has 0 aromatic rings. The minimum Gasteiger partial charge on any atom is -0.390 e. The van der Waals surface area contributed by atoms with Crippen LogP contribution >= 0.6 is 0 Å². The van der Waals surface area contributed by atoms with Gasteiger partial charge in [-0.2, -0.15) is 0 Å². The van der Waals surface area contributed by atoms with Gasteiger partial charge in [0, 0.05) is 142 Å². The van der Waals surface area contributed by atoms with Crippen LogP contribution in [0.25, 0.3) is 0 Å². The summed E-state index contributed by atoms with van der Waals surface area (Å²) in [5, 5.41) is 32.5. The second kappa shape index (κ2) is 29.9. The third-order valence-corrected chi connectivity index (χ3v) is 36.4. The maximum atomic E-state index is 13.6. The van der Waals surface area contributed by atoms with Crippen LogP contribution in [0.1, 0.15) is 215 Å². The van der Waals surface area contributed by atoms with Crippen molar-refractivity contribution in [3.8, 4) is 0 Å². The fourth-order valence-corrected chi connectivity index (χ4v) is 29.9. The number of fused-ring (bicyclic) bond motifs is 15. The molecule has 0 spiro atoms. The number of methoxy groups -OCH3 is 1. The van der Waals surface area contributed by atoms with Crippen LogP contribution in [0.2, 0.25) is 0 Å². The monoisotopic (exact) mass is 1450 g/mol.